The van der Waals surface area contributed by atoms with Crippen molar-refractivity contribution < 1.29 is 29.0 Å². The lowest BCUT2D eigenvalue weighted by Gasteiger charge is -2.36. The van der Waals surface area contributed by atoms with E-state index in [0.717, 1.165) is 22.3 Å². The maximum absolute atomic E-state index is 13.2. The van der Waals surface area contributed by atoms with Crippen LogP contribution in [0.4, 0.5) is 4.79 Å². The van der Waals surface area contributed by atoms with E-state index < -0.39 is 29.6 Å². The molecule has 8 nitrogen and oxygen atoms in total. The number of carbonyl (C=O) groups is 3. The summed E-state index contributed by atoms with van der Waals surface area (Å²) in [6.45, 7) is 0.679. The fourth-order valence-electron chi connectivity index (χ4n) is 4.75. The highest BCUT2D eigenvalue weighted by Gasteiger charge is 2.43. The summed E-state index contributed by atoms with van der Waals surface area (Å²) in [5, 5.41) is 14.9. The quantitative estimate of drug-likeness (QED) is 0.486. The molecule has 4 rings (SSSR count). The first kappa shape index (κ1) is 25.1. The van der Waals surface area contributed by atoms with Gasteiger partial charge in [0.2, 0.25) is 5.91 Å². The number of rotatable bonds is 9. The molecule has 1 saturated heterocycles. The van der Waals surface area contributed by atoms with Crippen LogP contribution in [0.5, 0.6) is 0 Å². The third kappa shape index (κ3) is 5.46. The number of amides is 2. The number of fused-ring (bicyclic) bond motifs is 3. The topological polar surface area (TPSA) is 114 Å². The standard InChI is InChI=1S/C26H30N2O6S/c1-35-15-10-22(23(29)30)27-24(31)26(11-13-33-14-12-26)28-25(32)34-16-21-19-8-4-2-6-17(19)18-7-3-5-9-20(18)21/h2-9,21-22H,10-16H2,1H3,(H,27,31)(H,28,32)(H,29,30). The summed E-state index contributed by atoms with van der Waals surface area (Å²) in [5.41, 5.74) is 3.16. The Hall–Kier alpha value is -3.04. The minimum Gasteiger partial charge on any atom is -0.480 e. The van der Waals surface area contributed by atoms with Crippen molar-refractivity contribution >= 4 is 29.7 Å². The van der Waals surface area contributed by atoms with Crippen molar-refractivity contribution in [3.8, 4) is 11.1 Å². The Bertz CT molecular complexity index is 1040. The zero-order valence-electron chi connectivity index (χ0n) is 19.6. The van der Waals surface area contributed by atoms with E-state index in [1.54, 1.807) is 0 Å². The van der Waals surface area contributed by atoms with Crippen LogP contribution >= 0.6 is 11.8 Å². The van der Waals surface area contributed by atoms with Crippen molar-refractivity contribution in [1.29, 1.82) is 0 Å². The predicted octanol–water partition coefficient (Wildman–Crippen LogP) is 3.40. The molecule has 1 fully saturated rings. The van der Waals surface area contributed by atoms with Gasteiger partial charge in [0, 0.05) is 32.0 Å². The summed E-state index contributed by atoms with van der Waals surface area (Å²) in [5.74, 6) is -1.14. The summed E-state index contributed by atoms with van der Waals surface area (Å²) in [7, 11) is 0. The van der Waals surface area contributed by atoms with Crippen LogP contribution in [0, 0.1) is 0 Å². The maximum atomic E-state index is 13.2. The van der Waals surface area contributed by atoms with Gasteiger partial charge in [-0.25, -0.2) is 9.59 Å². The largest absolute Gasteiger partial charge is 0.480 e. The summed E-state index contributed by atoms with van der Waals surface area (Å²) in [6.07, 6.45) is 1.93. The predicted molar refractivity (Wildman–Crippen MR) is 134 cm³/mol. The molecule has 1 aliphatic heterocycles. The number of alkyl carbamates (subject to hydrolysis) is 1. The Morgan fingerprint density at radius 1 is 1.09 bits per heavy atom. The van der Waals surface area contributed by atoms with Crippen molar-refractivity contribution in [3.05, 3.63) is 59.7 Å². The highest BCUT2D eigenvalue weighted by Crippen LogP contribution is 2.44. The van der Waals surface area contributed by atoms with Gasteiger partial charge in [-0.1, -0.05) is 48.5 Å². The van der Waals surface area contributed by atoms with Crippen LogP contribution in [0.1, 0.15) is 36.3 Å². The lowest BCUT2D eigenvalue weighted by molar-refractivity contribution is -0.144. The van der Waals surface area contributed by atoms with Crippen LogP contribution < -0.4 is 10.6 Å². The highest BCUT2D eigenvalue weighted by molar-refractivity contribution is 7.98. The lowest BCUT2D eigenvalue weighted by Crippen LogP contribution is -2.63. The number of thioether (sulfide) groups is 1. The molecule has 186 valence electrons. The number of carboxylic acid groups (broad SMARTS) is 1. The number of aliphatic carboxylic acids is 1. The van der Waals surface area contributed by atoms with Crippen LogP contribution in [-0.4, -0.2) is 66.5 Å². The molecule has 0 aromatic heterocycles. The molecule has 1 atom stereocenters. The van der Waals surface area contributed by atoms with Crippen LogP contribution in [-0.2, 0) is 19.1 Å². The van der Waals surface area contributed by atoms with E-state index in [0.29, 0.717) is 12.2 Å². The SMILES string of the molecule is CSCCC(NC(=O)C1(NC(=O)OCC2c3ccccc3-c3ccccc32)CCOCC1)C(=O)O. The van der Waals surface area contributed by atoms with E-state index in [1.807, 2.05) is 42.7 Å². The molecule has 0 saturated carbocycles. The Labute approximate surface area is 208 Å². The molecule has 0 radical (unpaired) electrons. The molecule has 3 N–H and O–H groups in total. The first-order valence-corrected chi connectivity index (χ1v) is 13.1. The van der Waals surface area contributed by atoms with Gasteiger partial charge >= 0.3 is 12.1 Å². The molecule has 0 bridgehead atoms. The zero-order chi connectivity index (χ0) is 24.8. The van der Waals surface area contributed by atoms with Crippen LogP contribution in [0.15, 0.2) is 48.5 Å². The van der Waals surface area contributed by atoms with E-state index in [-0.39, 0.29) is 38.6 Å². The third-order valence-electron chi connectivity index (χ3n) is 6.68. The van der Waals surface area contributed by atoms with Crippen molar-refractivity contribution in [1.82, 2.24) is 10.6 Å². The molecule has 1 heterocycles. The van der Waals surface area contributed by atoms with Crippen LogP contribution in [0.2, 0.25) is 0 Å². The maximum Gasteiger partial charge on any atom is 0.408 e. The van der Waals surface area contributed by atoms with Gasteiger partial charge in [0.25, 0.3) is 0 Å². The second-order valence-electron chi connectivity index (χ2n) is 8.79. The van der Waals surface area contributed by atoms with Gasteiger partial charge in [0.15, 0.2) is 0 Å². The lowest BCUT2D eigenvalue weighted by atomic mass is 9.88. The molecule has 9 heteroatoms. The normalized spacial score (nSPS) is 17.1. The molecule has 35 heavy (non-hydrogen) atoms. The number of benzene rings is 2. The van der Waals surface area contributed by atoms with E-state index >= 15 is 0 Å². The van der Waals surface area contributed by atoms with Crippen molar-refractivity contribution in [2.75, 3.05) is 31.8 Å². The minimum atomic E-state index is -1.28. The third-order valence-corrected chi connectivity index (χ3v) is 7.32. The van der Waals surface area contributed by atoms with E-state index in [4.69, 9.17) is 9.47 Å². The molecule has 2 amide bonds. The second kappa shape index (κ2) is 11.1. The molecule has 2 aromatic carbocycles. The Morgan fingerprint density at radius 2 is 1.69 bits per heavy atom. The van der Waals surface area contributed by atoms with Gasteiger partial charge in [-0.15, -0.1) is 0 Å². The van der Waals surface area contributed by atoms with Crippen molar-refractivity contribution in [2.45, 2.75) is 36.8 Å². The van der Waals surface area contributed by atoms with Gasteiger partial charge in [-0.3, -0.25) is 4.79 Å². The molecule has 0 spiro atoms. The zero-order valence-corrected chi connectivity index (χ0v) is 20.4. The van der Waals surface area contributed by atoms with Gasteiger partial charge in [-0.05, 0) is 40.7 Å². The van der Waals surface area contributed by atoms with Crippen molar-refractivity contribution in [3.63, 3.8) is 0 Å². The summed E-state index contributed by atoms with van der Waals surface area (Å²) in [4.78, 5) is 37.8. The fourth-order valence-corrected chi connectivity index (χ4v) is 5.22. The summed E-state index contributed by atoms with van der Waals surface area (Å²) < 4.78 is 11.0. The number of hydrogen-bond acceptors (Lipinski definition) is 6. The molecule has 1 unspecified atom stereocenters. The van der Waals surface area contributed by atoms with Crippen LogP contribution in [0.25, 0.3) is 11.1 Å². The highest BCUT2D eigenvalue weighted by atomic mass is 32.2. The summed E-state index contributed by atoms with van der Waals surface area (Å²) >= 11 is 1.50. The molecular weight excluding hydrogens is 468 g/mol. The molecule has 1 aliphatic carbocycles. The average molecular weight is 499 g/mol. The number of hydrogen-bond donors (Lipinski definition) is 3. The smallest absolute Gasteiger partial charge is 0.408 e. The summed E-state index contributed by atoms with van der Waals surface area (Å²) in [6, 6.07) is 15.1. The van der Waals surface area contributed by atoms with Crippen molar-refractivity contribution in [2.24, 2.45) is 0 Å². The minimum absolute atomic E-state index is 0.101. The van der Waals surface area contributed by atoms with Gasteiger partial charge < -0.3 is 25.2 Å². The van der Waals surface area contributed by atoms with E-state index in [9.17, 15) is 19.5 Å². The van der Waals surface area contributed by atoms with Crippen LogP contribution in [0.3, 0.4) is 0 Å². The van der Waals surface area contributed by atoms with Gasteiger partial charge in [-0.2, -0.15) is 11.8 Å². The first-order valence-electron chi connectivity index (χ1n) is 11.7. The Morgan fingerprint density at radius 3 is 2.26 bits per heavy atom. The first-order chi connectivity index (χ1) is 16.9. The number of carboxylic acids is 1. The second-order valence-corrected chi connectivity index (χ2v) is 9.78. The average Bonchev–Trinajstić information content (AvgIpc) is 3.19. The Kier molecular flexibility index (Phi) is 7.97. The monoisotopic (exact) mass is 498 g/mol. The fraction of sp³-hybridized carbons (Fsp3) is 0.423. The van der Waals surface area contributed by atoms with E-state index in [2.05, 4.69) is 22.8 Å². The molecular formula is C26H30N2O6S. The van der Waals surface area contributed by atoms with Gasteiger partial charge in [0.05, 0.1) is 0 Å². The van der Waals surface area contributed by atoms with E-state index in [1.165, 1.54) is 11.8 Å². The number of ether oxygens (including phenoxy) is 2. The number of nitrogens with one attached hydrogen (secondary N) is 2. The number of carbonyl (C=O) groups excluding carboxylic acids is 2. The molecule has 2 aliphatic rings. The van der Waals surface area contributed by atoms with Gasteiger partial charge in [0.1, 0.15) is 18.2 Å². The molecule has 2 aromatic rings. The Balaban J connectivity index is 1.45.